The Kier molecular flexibility index (Phi) is 3.63. The lowest BCUT2D eigenvalue weighted by Crippen LogP contribution is -2.09. The number of nitrogens with one attached hydrogen (secondary N) is 1. The lowest BCUT2D eigenvalue weighted by atomic mass is 10.1. The van der Waals surface area contributed by atoms with Crippen molar-refractivity contribution in [1.29, 1.82) is 0 Å². The Labute approximate surface area is 133 Å². The van der Waals surface area contributed by atoms with E-state index in [1.807, 2.05) is 26.0 Å². The van der Waals surface area contributed by atoms with Crippen LogP contribution in [0.5, 0.6) is 0 Å². The molecule has 112 valence electrons. The molecule has 0 aliphatic carbocycles. The molecule has 0 aliphatic heterocycles. The molecule has 2 aromatic heterocycles. The molecule has 6 nitrogen and oxygen atoms in total. The number of thiophene rings is 1. The SMILES string of the molecule is Cc1ccc(C)c2sc(NC(=O)c3ccc([N+](=O)[O-])s3)nc12. The number of hydrogen-bond donors (Lipinski definition) is 1. The third kappa shape index (κ3) is 2.58. The number of anilines is 1. The summed E-state index contributed by atoms with van der Waals surface area (Å²) in [6, 6.07) is 6.78. The minimum Gasteiger partial charge on any atom is -0.297 e. The Morgan fingerprint density at radius 1 is 1.18 bits per heavy atom. The molecule has 0 saturated heterocycles. The molecule has 0 bridgehead atoms. The zero-order valence-corrected chi connectivity index (χ0v) is 13.4. The van der Waals surface area contributed by atoms with E-state index in [2.05, 4.69) is 10.3 Å². The molecule has 0 atom stereocenters. The van der Waals surface area contributed by atoms with Crippen LogP contribution in [0.15, 0.2) is 24.3 Å². The fourth-order valence-corrected chi connectivity index (χ4v) is 3.74. The van der Waals surface area contributed by atoms with Gasteiger partial charge in [0, 0.05) is 6.07 Å². The van der Waals surface area contributed by atoms with Crippen LogP contribution in [-0.2, 0) is 0 Å². The van der Waals surface area contributed by atoms with Crippen molar-refractivity contribution in [3.05, 3.63) is 50.4 Å². The number of fused-ring (bicyclic) bond motifs is 1. The van der Waals surface area contributed by atoms with E-state index in [1.165, 1.54) is 23.5 Å². The number of carbonyl (C=O) groups excluding carboxylic acids is 1. The molecule has 22 heavy (non-hydrogen) atoms. The van der Waals surface area contributed by atoms with Crippen LogP contribution >= 0.6 is 22.7 Å². The third-order valence-electron chi connectivity index (χ3n) is 3.16. The van der Waals surface area contributed by atoms with E-state index in [9.17, 15) is 14.9 Å². The van der Waals surface area contributed by atoms with Gasteiger partial charge in [0.1, 0.15) is 0 Å². The van der Waals surface area contributed by atoms with Gasteiger partial charge in [0.25, 0.3) is 5.91 Å². The molecule has 0 saturated carbocycles. The van der Waals surface area contributed by atoms with Gasteiger partial charge in [0.15, 0.2) is 5.13 Å². The number of hydrogen-bond acceptors (Lipinski definition) is 6. The second-order valence-electron chi connectivity index (χ2n) is 4.75. The van der Waals surface area contributed by atoms with Crippen molar-refractivity contribution in [2.45, 2.75) is 13.8 Å². The van der Waals surface area contributed by atoms with Crippen LogP contribution in [-0.4, -0.2) is 15.8 Å². The highest BCUT2D eigenvalue weighted by Gasteiger charge is 2.17. The molecule has 1 N–H and O–H groups in total. The summed E-state index contributed by atoms with van der Waals surface area (Å²) in [6.45, 7) is 3.96. The standard InChI is InChI=1S/C14H11N3O3S2/c1-7-3-4-8(2)12-11(7)15-14(22-12)16-13(18)9-5-6-10(21-9)17(19)20/h3-6H,1-2H3,(H,15,16,18). The summed E-state index contributed by atoms with van der Waals surface area (Å²) < 4.78 is 1.03. The fourth-order valence-electron chi connectivity index (χ4n) is 2.02. The molecule has 1 amide bonds. The molecule has 1 aromatic carbocycles. The fraction of sp³-hybridized carbons (Fsp3) is 0.143. The molecular formula is C14H11N3O3S2. The van der Waals surface area contributed by atoms with Gasteiger partial charge in [-0.2, -0.15) is 0 Å². The second kappa shape index (κ2) is 5.47. The summed E-state index contributed by atoms with van der Waals surface area (Å²) in [7, 11) is 0. The maximum absolute atomic E-state index is 12.1. The number of aryl methyl sites for hydroxylation is 2. The van der Waals surface area contributed by atoms with Gasteiger partial charge < -0.3 is 0 Å². The molecule has 0 unspecified atom stereocenters. The molecule has 0 aliphatic rings. The van der Waals surface area contributed by atoms with Gasteiger partial charge in [0.2, 0.25) is 0 Å². The number of carbonyl (C=O) groups is 1. The third-order valence-corrected chi connectivity index (χ3v) is 5.30. The normalized spacial score (nSPS) is 10.8. The number of nitro groups is 1. The van der Waals surface area contributed by atoms with Gasteiger partial charge >= 0.3 is 5.00 Å². The first kappa shape index (κ1) is 14.6. The Hall–Kier alpha value is -2.32. The Morgan fingerprint density at radius 3 is 2.55 bits per heavy atom. The predicted octanol–water partition coefficient (Wildman–Crippen LogP) is 4.14. The van der Waals surface area contributed by atoms with E-state index in [4.69, 9.17) is 0 Å². The van der Waals surface area contributed by atoms with Crippen LogP contribution in [0.25, 0.3) is 10.2 Å². The Morgan fingerprint density at radius 2 is 1.91 bits per heavy atom. The van der Waals surface area contributed by atoms with Crippen molar-refractivity contribution < 1.29 is 9.72 Å². The lowest BCUT2D eigenvalue weighted by molar-refractivity contribution is -0.380. The highest BCUT2D eigenvalue weighted by molar-refractivity contribution is 7.22. The number of benzene rings is 1. The zero-order chi connectivity index (χ0) is 15.9. The van der Waals surface area contributed by atoms with Crippen molar-refractivity contribution in [2.24, 2.45) is 0 Å². The van der Waals surface area contributed by atoms with Gasteiger partial charge in [0.05, 0.1) is 20.0 Å². The van der Waals surface area contributed by atoms with Crippen LogP contribution < -0.4 is 5.32 Å². The number of thiazole rings is 1. The molecule has 0 radical (unpaired) electrons. The van der Waals surface area contributed by atoms with Crippen molar-refractivity contribution in [2.75, 3.05) is 5.32 Å². The van der Waals surface area contributed by atoms with Crippen LogP contribution in [0.3, 0.4) is 0 Å². The predicted molar refractivity (Wildman–Crippen MR) is 88.0 cm³/mol. The summed E-state index contributed by atoms with van der Waals surface area (Å²) in [5, 5.41) is 13.8. The summed E-state index contributed by atoms with van der Waals surface area (Å²) in [5.41, 5.74) is 3.02. The van der Waals surface area contributed by atoms with Gasteiger partial charge in [-0.25, -0.2) is 4.98 Å². The molecule has 2 heterocycles. The summed E-state index contributed by atoms with van der Waals surface area (Å²) in [6.07, 6.45) is 0. The van der Waals surface area contributed by atoms with Crippen molar-refractivity contribution in [1.82, 2.24) is 4.98 Å². The maximum Gasteiger partial charge on any atom is 0.324 e. The van der Waals surface area contributed by atoms with Crippen LogP contribution in [0.2, 0.25) is 0 Å². The van der Waals surface area contributed by atoms with Crippen LogP contribution in [0.4, 0.5) is 10.1 Å². The highest BCUT2D eigenvalue weighted by atomic mass is 32.1. The quantitative estimate of drug-likeness (QED) is 0.577. The molecule has 0 fully saturated rings. The minimum atomic E-state index is -0.508. The summed E-state index contributed by atoms with van der Waals surface area (Å²) in [4.78, 5) is 27.0. The number of rotatable bonds is 3. The number of nitrogens with zero attached hydrogens (tertiary/aromatic N) is 2. The van der Waals surface area contributed by atoms with Crippen molar-refractivity contribution in [3.8, 4) is 0 Å². The van der Waals surface area contributed by atoms with Gasteiger partial charge in [-0.3, -0.25) is 20.2 Å². The summed E-state index contributed by atoms with van der Waals surface area (Å²) in [5.74, 6) is -0.382. The van der Waals surface area contributed by atoms with E-state index in [-0.39, 0.29) is 10.9 Å². The second-order valence-corrected chi connectivity index (χ2v) is 6.81. The van der Waals surface area contributed by atoms with E-state index in [0.29, 0.717) is 10.0 Å². The Balaban J connectivity index is 1.89. The van der Waals surface area contributed by atoms with E-state index in [0.717, 1.165) is 32.7 Å². The molecule has 3 aromatic rings. The van der Waals surface area contributed by atoms with Gasteiger partial charge in [-0.15, -0.1) is 0 Å². The van der Waals surface area contributed by atoms with Crippen LogP contribution in [0.1, 0.15) is 20.8 Å². The minimum absolute atomic E-state index is 0.0545. The smallest absolute Gasteiger partial charge is 0.297 e. The molecule has 8 heteroatoms. The lowest BCUT2D eigenvalue weighted by Gasteiger charge is -1.96. The Bertz CT molecular complexity index is 859. The van der Waals surface area contributed by atoms with Crippen molar-refractivity contribution >= 4 is 48.9 Å². The number of aromatic nitrogens is 1. The van der Waals surface area contributed by atoms with Gasteiger partial charge in [-0.05, 0) is 31.0 Å². The molecule has 3 rings (SSSR count). The van der Waals surface area contributed by atoms with Gasteiger partial charge in [-0.1, -0.05) is 34.8 Å². The molecular weight excluding hydrogens is 322 g/mol. The molecule has 0 spiro atoms. The topological polar surface area (TPSA) is 85.1 Å². The summed E-state index contributed by atoms with van der Waals surface area (Å²) >= 11 is 2.25. The zero-order valence-electron chi connectivity index (χ0n) is 11.7. The van der Waals surface area contributed by atoms with E-state index < -0.39 is 4.92 Å². The first-order valence-corrected chi connectivity index (χ1v) is 8.01. The van der Waals surface area contributed by atoms with E-state index >= 15 is 0 Å². The van der Waals surface area contributed by atoms with E-state index in [1.54, 1.807) is 0 Å². The highest BCUT2D eigenvalue weighted by Crippen LogP contribution is 2.31. The first-order chi connectivity index (χ1) is 10.5. The maximum atomic E-state index is 12.1. The average molecular weight is 333 g/mol. The van der Waals surface area contributed by atoms with Crippen LogP contribution in [0, 0.1) is 24.0 Å². The average Bonchev–Trinajstić information content (AvgIpc) is 3.10. The van der Waals surface area contributed by atoms with Crippen molar-refractivity contribution in [3.63, 3.8) is 0 Å². The largest absolute Gasteiger partial charge is 0.324 e. The number of amides is 1. The first-order valence-electron chi connectivity index (χ1n) is 6.38. The monoisotopic (exact) mass is 333 g/mol.